The van der Waals surface area contributed by atoms with Crippen LogP contribution in [0.5, 0.6) is 0 Å². The third-order valence-corrected chi connectivity index (χ3v) is 3.32. The van der Waals surface area contributed by atoms with Crippen LogP contribution in [0.4, 0.5) is 13.2 Å². The molecule has 2 rings (SSSR count). The predicted octanol–water partition coefficient (Wildman–Crippen LogP) is 3.88. The van der Waals surface area contributed by atoms with E-state index in [0.29, 0.717) is 13.1 Å². The van der Waals surface area contributed by atoms with Crippen molar-refractivity contribution in [3.05, 3.63) is 30.1 Å². The molecule has 0 spiro atoms. The van der Waals surface area contributed by atoms with E-state index in [1.165, 1.54) is 0 Å². The smallest absolute Gasteiger partial charge is 0.332 e. The van der Waals surface area contributed by atoms with Crippen molar-refractivity contribution in [2.75, 3.05) is 6.54 Å². The summed E-state index contributed by atoms with van der Waals surface area (Å²) in [6.07, 6.45) is -0.151. The van der Waals surface area contributed by atoms with E-state index in [9.17, 15) is 13.2 Å². The van der Waals surface area contributed by atoms with Gasteiger partial charge >= 0.3 is 6.18 Å². The molecule has 0 fully saturated rings. The lowest BCUT2D eigenvalue weighted by Crippen LogP contribution is -2.13. The van der Waals surface area contributed by atoms with E-state index < -0.39 is 12.6 Å². The highest BCUT2D eigenvalue weighted by Gasteiger charge is 2.26. The van der Waals surface area contributed by atoms with E-state index in [1.807, 2.05) is 22.9 Å². The van der Waals surface area contributed by atoms with E-state index in [2.05, 4.69) is 17.2 Å². The van der Waals surface area contributed by atoms with Crippen molar-refractivity contribution < 1.29 is 13.2 Å². The van der Waals surface area contributed by atoms with Crippen molar-refractivity contribution in [2.24, 2.45) is 0 Å². The minimum Gasteiger partial charge on any atom is -0.332 e. The molecule has 21 heavy (non-hydrogen) atoms. The Morgan fingerprint density at radius 2 is 2.14 bits per heavy atom. The van der Waals surface area contributed by atoms with Gasteiger partial charge in [-0.25, -0.2) is 4.98 Å². The first-order valence-corrected chi connectivity index (χ1v) is 7.21. The van der Waals surface area contributed by atoms with E-state index in [1.54, 1.807) is 6.20 Å². The number of halogens is 3. The fourth-order valence-corrected chi connectivity index (χ4v) is 2.36. The van der Waals surface area contributed by atoms with Gasteiger partial charge in [-0.15, -0.1) is 0 Å². The Morgan fingerprint density at radius 1 is 1.33 bits per heavy atom. The lowest BCUT2D eigenvalue weighted by atomic mass is 10.2. The summed E-state index contributed by atoms with van der Waals surface area (Å²) in [4.78, 5) is 4.30. The molecule has 116 valence electrons. The first kappa shape index (κ1) is 15.8. The Kier molecular flexibility index (Phi) is 5.22. The first-order valence-electron chi connectivity index (χ1n) is 7.21. The van der Waals surface area contributed by atoms with Crippen LogP contribution in [0.1, 0.15) is 31.7 Å². The molecular formula is C15H20F3N3. The second kappa shape index (κ2) is 6.93. The Labute approximate surface area is 122 Å². The summed E-state index contributed by atoms with van der Waals surface area (Å²) in [6, 6.07) is 3.82. The number of rotatable bonds is 7. The number of alkyl halides is 3. The fraction of sp³-hybridized carbons (Fsp3) is 0.533. The highest BCUT2D eigenvalue weighted by atomic mass is 19.4. The Morgan fingerprint density at radius 3 is 2.86 bits per heavy atom. The van der Waals surface area contributed by atoms with Gasteiger partial charge in [-0.3, -0.25) is 0 Å². The summed E-state index contributed by atoms with van der Waals surface area (Å²) in [6.45, 7) is 4.05. The molecule has 1 N–H and O–H groups in total. The number of aromatic nitrogens is 2. The highest BCUT2D eigenvalue weighted by Crippen LogP contribution is 2.24. The highest BCUT2D eigenvalue weighted by molar-refractivity contribution is 5.80. The molecule has 2 heterocycles. The number of hydrogen-bond donors (Lipinski definition) is 1. The number of pyridine rings is 1. The number of hydrogen-bond acceptors (Lipinski definition) is 2. The zero-order valence-corrected chi connectivity index (χ0v) is 12.1. The topological polar surface area (TPSA) is 29.9 Å². The van der Waals surface area contributed by atoms with Gasteiger partial charge in [0.15, 0.2) is 0 Å². The van der Waals surface area contributed by atoms with Crippen molar-refractivity contribution in [3.8, 4) is 0 Å². The molecule has 2 aromatic rings. The van der Waals surface area contributed by atoms with Crippen LogP contribution in [0.2, 0.25) is 0 Å². The molecule has 2 aromatic heterocycles. The van der Waals surface area contributed by atoms with E-state index in [0.717, 1.165) is 29.6 Å². The minimum atomic E-state index is -4.10. The third-order valence-electron chi connectivity index (χ3n) is 3.32. The van der Waals surface area contributed by atoms with Gasteiger partial charge in [-0.05, 0) is 37.1 Å². The molecule has 0 radical (unpaired) electrons. The molecule has 0 saturated carbocycles. The van der Waals surface area contributed by atoms with Gasteiger partial charge < -0.3 is 9.88 Å². The van der Waals surface area contributed by atoms with Gasteiger partial charge in [0.1, 0.15) is 5.65 Å². The first-order chi connectivity index (χ1) is 10.0. The molecular weight excluding hydrogens is 279 g/mol. The lowest BCUT2D eigenvalue weighted by Gasteiger charge is -2.07. The van der Waals surface area contributed by atoms with Crippen LogP contribution in [0, 0.1) is 0 Å². The van der Waals surface area contributed by atoms with Gasteiger partial charge in [0.25, 0.3) is 0 Å². The summed E-state index contributed by atoms with van der Waals surface area (Å²) < 4.78 is 38.6. The largest absolute Gasteiger partial charge is 0.389 e. The van der Waals surface area contributed by atoms with Crippen LogP contribution in [-0.4, -0.2) is 22.3 Å². The maximum atomic E-state index is 12.2. The molecule has 0 unspecified atom stereocenters. The number of nitrogens with one attached hydrogen (secondary N) is 1. The van der Waals surface area contributed by atoms with Crippen molar-refractivity contribution >= 4 is 11.0 Å². The predicted molar refractivity (Wildman–Crippen MR) is 77.0 cm³/mol. The summed E-state index contributed by atoms with van der Waals surface area (Å²) in [7, 11) is 0. The Balaban J connectivity index is 2.11. The molecule has 0 bridgehead atoms. The monoisotopic (exact) mass is 299 g/mol. The molecule has 0 aliphatic carbocycles. The minimum absolute atomic E-state index is 0.0751. The second-order valence-corrected chi connectivity index (χ2v) is 5.12. The van der Waals surface area contributed by atoms with Crippen LogP contribution < -0.4 is 5.32 Å². The normalized spacial score (nSPS) is 12.2. The Bertz CT molecular complexity index is 575. The molecule has 0 amide bonds. The molecule has 0 aromatic carbocycles. The molecule has 3 nitrogen and oxygen atoms in total. The second-order valence-electron chi connectivity index (χ2n) is 5.12. The van der Waals surface area contributed by atoms with Gasteiger partial charge in [0, 0.05) is 37.3 Å². The maximum Gasteiger partial charge on any atom is 0.389 e. The summed E-state index contributed by atoms with van der Waals surface area (Å²) in [5, 5.41) is 4.32. The van der Waals surface area contributed by atoms with Gasteiger partial charge in [-0.2, -0.15) is 13.2 Å². The van der Waals surface area contributed by atoms with Crippen LogP contribution in [0.15, 0.2) is 24.5 Å². The number of nitrogens with zero attached hydrogens (tertiary/aromatic N) is 2. The van der Waals surface area contributed by atoms with Crippen LogP contribution >= 0.6 is 0 Å². The number of aryl methyl sites for hydroxylation is 1. The van der Waals surface area contributed by atoms with Gasteiger partial charge in [0.2, 0.25) is 0 Å². The summed E-state index contributed by atoms with van der Waals surface area (Å²) >= 11 is 0. The van der Waals surface area contributed by atoms with Gasteiger partial charge in [0.05, 0.1) is 0 Å². The van der Waals surface area contributed by atoms with E-state index >= 15 is 0 Å². The average molecular weight is 299 g/mol. The average Bonchev–Trinajstić information content (AvgIpc) is 2.77. The van der Waals surface area contributed by atoms with E-state index in [4.69, 9.17) is 0 Å². The summed E-state index contributed by atoms with van der Waals surface area (Å²) in [5.41, 5.74) is 1.84. The Hall–Kier alpha value is -1.56. The van der Waals surface area contributed by atoms with Crippen molar-refractivity contribution in [1.29, 1.82) is 0 Å². The van der Waals surface area contributed by atoms with Crippen LogP contribution in [-0.2, 0) is 13.1 Å². The zero-order chi connectivity index (χ0) is 15.3. The fourth-order valence-electron chi connectivity index (χ4n) is 2.36. The van der Waals surface area contributed by atoms with Crippen molar-refractivity contribution in [3.63, 3.8) is 0 Å². The van der Waals surface area contributed by atoms with Crippen LogP contribution in [0.25, 0.3) is 11.0 Å². The van der Waals surface area contributed by atoms with Crippen molar-refractivity contribution in [1.82, 2.24) is 14.9 Å². The van der Waals surface area contributed by atoms with Crippen LogP contribution in [0.3, 0.4) is 0 Å². The molecule has 0 saturated heterocycles. The third kappa shape index (κ3) is 4.46. The number of fused-ring (bicyclic) bond motifs is 1. The van der Waals surface area contributed by atoms with E-state index in [-0.39, 0.29) is 6.42 Å². The maximum absolute atomic E-state index is 12.2. The lowest BCUT2D eigenvalue weighted by molar-refractivity contribution is -0.135. The summed E-state index contributed by atoms with van der Waals surface area (Å²) in [5.74, 6) is 0. The SMILES string of the molecule is CCCNCc1cn(CCCC(F)(F)F)c2ncccc12. The quantitative estimate of drug-likeness (QED) is 0.786. The molecule has 0 atom stereocenters. The standard InChI is InChI=1S/C15H20F3N3/c1-2-7-19-10-12-11-21(9-4-6-15(16,17)18)14-13(12)5-3-8-20-14/h3,5,8,11,19H,2,4,6-7,9-10H2,1H3. The molecule has 0 aliphatic rings. The van der Waals surface area contributed by atoms with Crippen molar-refractivity contribution in [2.45, 2.75) is 45.5 Å². The van der Waals surface area contributed by atoms with Gasteiger partial charge in [-0.1, -0.05) is 6.92 Å². The zero-order valence-electron chi connectivity index (χ0n) is 12.1. The molecule has 0 aliphatic heterocycles. The molecule has 6 heteroatoms.